The summed E-state index contributed by atoms with van der Waals surface area (Å²) in [5.74, 6) is 0. The average Bonchev–Trinajstić information content (AvgIpc) is 2.78. The number of hydrogen-bond acceptors (Lipinski definition) is 1. The molecular formula is C26H36OSi. The molecule has 0 bridgehead atoms. The second-order valence-corrected chi connectivity index (χ2v) is 15.3. The third kappa shape index (κ3) is 2.93. The summed E-state index contributed by atoms with van der Waals surface area (Å²) >= 11 is 0. The van der Waals surface area contributed by atoms with Crippen molar-refractivity contribution >= 4 is 8.07 Å². The van der Waals surface area contributed by atoms with Crippen LogP contribution in [-0.4, -0.2) is 13.2 Å². The highest BCUT2D eigenvalue weighted by atomic mass is 28.3. The summed E-state index contributed by atoms with van der Waals surface area (Å²) in [7, 11) is -2.09. The summed E-state index contributed by atoms with van der Waals surface area (Å²) in [6.45, 7) is 18.8. The van der Waals surface area contributed by atoms with E-state index in [0.29, 0.717) is 16.6 Å². The molecule has 0 spiro atoms. The van der Waals surface area contributed by atoms with Crippen LogP contribution in [0.1, 0.15) is 63.8 Å². The van der Waals surface area contributed by atoms with E-state index in [0.717, 1.165) is 29.2 Å². The Kier molecular flexibility index (Phi) is 5.75. The Hall–Kier alpha value is -1.64. The average molecular weight is 393 g/mol. The molecule has 2 aromatic rings. The van der Waals surface area contributed by atoms with E-state index in [9.17, 15) is 5.11 Å². The highest BCUT2D eigenvalue weighted by Crippen LogP contribution is 2.54. The zero-order valence-electron chi connectivity index (χ0n) is 18.4. The third-order valence-electron chi connectivity index (χ3n) is 7.30. The molecule has 0 saturated carbocycles. The molecule has 1 nitrogen and oxygen atoms in total. The molecule has 2 aromatic carbocycles. The van der Waals surface area contributed by atoms with Crippen molar-refractivity contribution in [1.82, 2.24) is 0 Å². The lowest BCUT2D eigenvalue weighted by atomic mass is 9.83. The van der Waals surface area contributed by atoms with Gasteiger partial charge in [0.1, 0.15) is 5.60 Å². The van der Waals surface area contributed by atoms with Gasteiger partial charge in [-0.1, -0.05) is 90.1 Å². The first-order valence-electron chi connectivity index (χ1n) is 10.8. The predicted octanol–water partition coefficient (Wildman–Crippen LogP) is 6.80. The second-order valence-electron chi connectivity index (χ2n) is 9.40. The summed E-state index contributed by atoms with van der Waals surface area (Å²) < 4.78 is 0. The maximum absolute atomic E-state index is 12.6. The van der Waals surface area contributed by atoms with E-state index in [-0.39, 0.29) is 0 Å². The van der Waals surface area contributed by atoms with Gasteiger partial charge in [0, 0.05) is 0 Å². The Morgan fingerprint density at radius 1 is 0.786 bits per heavy atom. The Labute approximate surface area is 172 Å². The van der Waals surface area contributed by atoms with Gasteiger partial charge in [0.05, 0.1) is 8.07 Å². The molecule has 2 heteroatoms. The van der Waals surface area contributed by atoms with Crippen molar-refractivity contribution in [1.29, 1.82) is 0 Å². The summed E-state index contributed by atoms with van der Waals surface area (Å²) in [6, 6.07) is 16.9. The fraction of sp³-hybridized carbons (Fsp3) is 0.462. The van der Waals surface area contributed by atoms with Crippen molar-refractivity contribution in [3.63, 3.8) is 0 Å². The lowest BCUT2D eigenvalue weighted by Crippen LogP contribution is -2.53. The van der Waals surface area contributed by atoms with E-state index in [2.05, 4.69) is 90.1 Å². The maximum atomic E-state index is 12.6. The summed E-state index contributed by atoms with van der Waals surface area (Å²) in [4.78, 5) is 0. The van der Waals surface area contributed by atoms with Crippen molar-refractivity contribution in [2.24, 2.45) is 0 Å². The normalized spacial score (nSPS) is 16.1. The zero-order valence-corrected chi connectivity index (χ0v) is 19.4. The number of aryl methyl sites for hydroxylation is 2. The lowest BCUT2D eigenvalue weighted by Gasteiger charge is -2.50. The minimum absolute atomic E-state index is 0.506. The fourth-order valence-corrected chi connectivity index (χ4v) is 13.3. The lowest BCUT2D eigenvalue weighted by molar-refractivity contribution is 0.126. The number of rotatable bonds is 5. The van der Waals surface area contributed by atoms with Crippen LogP contribution in [0.15, 0.2) is 60.3 Å². The van der Waals surface area contributed by atoms with Gasteiger partial charge in [-0.15, -0.1) is 6.58 Å². The van der Waals surface area contributed by atoms with Gasteiger partial charge in [-0.3, -0.25) is 0 Å². The standard InChI is InChI=1S/C26H36OSi/c1-18(2)28(19(3)4,20(5)6)21(7)26(27)24-14-10-8-12-22(24)16-17-23-13-9-11-15-25(23)26/h8-15,18-20,27H,7,16-17H2,1-6H3. The maximum Gasteiger partial charge on any atom is 0.133 e. The SMILES string of the molecule is C=C(C1(O)c2ccccc2CCc2ccccc21)[Si](C(C)C)(C(C)C)C(C)C. The number of hydrogen-bond donors (Lipinski definition) is 1. The molecule has 0 amide bonds. The minimum Gasteiger partial charge on any atom is -0.377 e. The summed E-state index contributed by atoms with van der Waals surface area (Å²) in [5.41, 5.74) is 5.00. The largest absolute Gasteiger partial charge is 0.377 e. The molecule has 28 heavy (non-hydrogen) atoms. The zero-order chi connectivity index (χ0) is 20.7. The minimum atomic E-state index is -2.09. The van der Waals surface area contributed by atoms with Crippen LogP contribution in [0, 0.1) is 0 Å². The molecule has 3 rings (SSSR count). The molecular weight excluding hydrogens is 356 g/mol. The first-order chi connectivity index (χ1) is 13.2. The van der Waals surface area contributed by atoms with Gasteiger partial charge in [-0.05, 0) is 56.9 Å². The number of aliphatic hydroxyl groups is 1. The number of fused-ring (bicyclic) bond motifs is 2. The molecule has 1 aliphatic rings. The molecule has 0 aliphatic heterocycles. The van der Waals surface area contributed by atoms with E-state index in [1.54, 1.807) is 0 Å². The van der Waals surface area contributed by atoms with E-state index in [4.69, 9.17) is 6.58 Å². The Morgan fingerprint density at radius 2 is 1.14 bits per heavy atom. The van der Waals surface area contributed by atoms with Crippen LogP contribution in [0.5, 0.6) is 0 Å². The molecule has 0 fully saturated rings. The van der Waals surface area contributed by atoms with Gasteiger partial charge in [0.15, 0.2) is 0 Å². The summed E-state index contributed by atoms with van der Waals surface area (Å²) in [6.07, 6.45) is 1.92. The first-order valence-corrected chi connectivity index (χ1v) is 13.0. The second kappa shape index (κ2) is 7.65. The van der Waals surface area contributed by atoms with Crippen molar-refractivity contribution in [2.45, 2.75) is 76.6 Å². The van der Waals surface area contributed by atoms with Crippen LogP contribution >= 0.6 is 0 Å². The Balaban J connectivity index is 2.37. The molecule has 1 N–H and O–H groups in total. The van der Waals surface area contributed by atoms with Gasteiger partial charge in [-0.2, -0.15) is 0 Å². The Bertz CT molecular complexity index is 793. The topological polar surface area (TPSA) is 20.2 Å². The highest BCUT2D eigenvalue weighted by molar-refractivity contribution is 6.90. The molecule has 150 valence electrons. The van der Waals surface area contributed by atoms with Crippen molar-refractivity contribution < 1.29 is 5.11 Å². The van der Waals surface area contributed by atoms with E-state index in [1.807, 2.05) is 0 Å². The van der Waals surface area contributed by atoms with E-state index in [1.165, 1.54) is 11.1 Å². The fourth-order valence-electron chi connectivity index (χ4n) is 6.28. The van der Waals surface area contributed by atoms with E-state index >= 15 is 0 Å². The van der Waals surface area contributed by atoms with Crippen molar-refractivity contribution in [3.8, 4) is 0 Å². The van der Waals surface area contributed by atoms with Gasteiger partial charge in [-0.25, -0.2) is 0 Å². The monoisotopic (exact) mass is 392 g/mol. The van der Waals surface area contributed by atoms with Gasteiger partial charge < -0.3 is 5.11 Å². The van der Waals surface area contributed by atoms with Crippen LogP contribution in [0.25, 0.3) is 0 Å². The van der Waals surface area contributed by atoms with Crippen molar-refractivity contribution in [2.75, 3.05) is 0 Å². The van der Waals surface area contributed by atoms with Gasteiger partial charge in [0.2, 0.25) is 0 Å². The van der Waals surface area contributed by atoms with Crippen LogP contribution in [0.3, 0.4) is 0 Å². The quantitative estimate of drug-likeness (QED) is 0.555. The molecule has 0 unspecified atom stereocenters. The third-order valence-corrected chi connectivity index (χ3v) is 14.4. The Morgan fingerprint density at radius 3 is 1.50 bits per heavy atom. The summed E-state index contributed by atoms with van der Waals surface area (Å²) in [5, 5.41) is 13.7. The smallest absolute Gasteiger partial charge is 0.133 e. The van der Waals surface area contributed by atoms with Crippen LogP contribution in [0.2, 0.25) is 16.6 Å². The molecule has 1 aliphatic carbocycles. The molecule has 0 atom stereocenters. The van der Waals surface area contributed by atoms with Gasteiger partial charge in [0.25, 0.3) is 0 Å². The van der Waals surface area contributed by atoms with Crippen LogP contribution < -0.4 is 0 Å². The molecule has 0 radical (unpaired) electrons. The molecule has 0 saturated heterocycles. The molecule has 0 heterocycles. The predicted molar refractivity (Wildman–Crippen MR) is 123 cm³/mol. The number of benzene rings is 2. The van der Waals surface area contributed by atoms with Crippen LogP contribution in [-0.2, 0) is 18.4 Å². The van der Waals surface area contributed by atoms with Gasteiger partial charge >= 0.3 is 0 Å². The van der Waals surface area contributed by atoms with Crippen LogP contribution in [0.4, 0.5) is 0 Å². The van der Waals surface area contributed by atoms with Crippen molar-refractivity contribution in [3.05, 3.63) is 82.6 Å². The van der Waals surface area contributed by atoms with E-state index < -0.39 is 13.7 Å². The highest BCUT2D eigenvalue weighted by Gasteiger charge is 2.54. The molecule has 0 aromatic heterocycles. The first kappa shape index (κ1) is 21.1.